The first-order valence-corrected chi connectivity index (χ1v) is 7.83. The van der Waals surface area contributed by atoms with Crippen LogP contribution in [0.5, 0.6) is 0 Å². The number of nitrogens with one attached hydrogen (secondary N) is 1. The Morgan fingerprint density at radius 2 is 2.09 bits per heavy atom. The second kappa shape index (κ2) is 5.46. The van der Waals surface area contributed by atoms with E-state index in [2.05, 4.69) is 19.2 Å². The number of hydrogen-bond acceptors (Lipinski definition) is 3. The standard InChI is InChI=1S/C18H19ClN2O2/c1-18(2)9-11-6-12(19)8-14(17(22)23)15(11)21-16(18)10-4-3-5-13(20)7-10/h3-8,16,21H,9,20H2,1-2H3,(H,22,23). The van der Waals surface area contributed by atoms with E-state index in [0.717, 1.165) is 17.5 Å². The van der Waals surface area contributed by atoms with Crippen LogP contribution in [-0.4, -0.2) is 11.1 Å². The number of carbonyl (C=O) groups is 1. The molecular weight excluding hydrogens is 312 g/mol. The van der Waals surface area contributed by atoms with Gasteiger partial charge in [-0.05, 0) is 47.2 Å². The molecule has 0 spiro atoms. The number of nitrogens with two attached hydrogens (primary N) is 1. The molecule has 1 unspecified atom stereocenters. The average Bonchev–Trinajstić information content (AvgIpc) is 2.44. The Bertz CT molecular complexity index is 787. The van der Waals surface area contributed by atoms with Gasteiger partial charge >= 0.3 is 5.97 Å². The van der Waals surface area contributed by atoms with Gasteiger partial charge < -0.3 is 16.2 Å². The second-order valence-electron chi connectivity index (χ2n) is 6.71. The van der Waals surface area contributed by atoms with Crippen LogP contribution in [0.3, 0.4) is 0 Å². The lowest BCUT2D eigenvalue weighted by molar-refractivity contribution is 0.0697. The third-order valence-electron chi connectivity index (χ3n) is 4.38. The van der Waals surface area contributed by atoms with Gasteiger partial charge in [-0.25, -0.2) is 4.79 Å². The van der Waals surface area contributed by atoms with Crippen molar-refractivity contribution >= 4 is 28.9 Å². The molecule has 5 heteroatoms. The first-order valence-electron chi connectivity index (χ1n) is 7.45. The zero-order valence-electron chi connectivity index (χ0n) is 13.1. The van der Waals surface area contributed by atoms with Crippen molar-refractivity contribution in [3.63, 3.8) is 0 Å². The third kappa shape index (κ3) is 2.86. The van der Waals surface area contributed by atoms with Crippen LogP contribution in [0.15, 0.2) is 36.4 Å². The number of anilines is 2. The van der Waals surface area contributed by atoms with Crippen LogP contribution < -0.4 is 11.1 Å². The molecule has 120 valence electrons. The fourth-order valence-corrected chi connectivity index (χ4v) is 3.59. The van der Waals surface area contributed by atoms with Crippen LogP contribution in [-0.2, 0) is 6.42 Å². The van der Waals surface area contributed by atoms with Gasteiger partial charge in [-0.1, -0.05) is 37.6 Å². The molecule has 0 amide bonds. The molecule has 1 aliphatic rings. The predicted octanol–water partition coefficient (Wildman–Crippen LogP) is 4.36. The summed E-state index contributed by atoms with van der Waals surface area (Å²) >= 11 is 6.09. The summed E-state index contributed by atoms with van der Waals surface area (Å²) in [4.78, 5) is 11.6. The summed E-state index contributed by atoms with van der Waals surface area (Å²) in [7, 11) is 0. The lowest BCUT2D eigenvalue weighted by atomic mass is 9.72. The molecule has 0 fully saturated rings. The fraction of sp³-hybridized carbons (Fsp3) is 0.278. The van der Waals surface area contributed by atoms with E-state index >= 15 is 0 Å². The molecule has 0 bridgehead atoms. The van der Waals surface area contributed by atoms with Crippen molar-refractivity contribution in [3.8, 4) is 0 Å². The highest BCUT2D eigenvalue weighted by atomic mass is 35.5. The van der Waals surface area contributed by atoms with Crippen molar-refractivity contribution in [2.45, 2.75) is 26.3 Å². The summed E-state index contributed by atoms with van der Waals surface area (Å²) in [6.07, 6.45) is 0.732. The SMILES string of the molecule is CC1(C)Cc2cc(Cl)cc(C(=O)O)c2NC1c1cccc(N)c1. The highest BCUT2D eigenvalue weighted by Crippen LogP contribution is 2.46. The summed E-state index contributed by atoms with van der Waals surface area (Å²) in [5.74, 6) is -0.984. The molecule has 3 rings (SSSR count). The van der Waals surface area contributed by atoms with Crippen molar-refractivity contribution < 1.29 is 9.90 Å². The molecule has 1 atom stereocenters. The number of carboxylic acids is 1. The van der Waals surface area contributed by atoms with Crippen LogP contribution >= 0.6 is 11.6 Å². The predicted molar refractivity (Wildman–Crippen MR) is 93.1 cm³/mol. The minimum atomic E-state index is -0.984. The van der Waals surface area contributed by atoms with Crippen molar-refractivity contribution in [1.29, 1.82) is 0 Å². The van der Waals surface area contributed by atoms with Crippen molar-refractivity contribution in [2.24, 2.45) is 5.41 Å². The van der Waals surface area contributed by atoms with Gasteiger partial charge in [0.2, 0.25) is 0 Å². The number of aromatic carboxylic acids is 1. The van der Waals surface area contributed by atoms with Crippen molar-refractivity contribution in [3.05, 3.63) is 58.1 Å². The van der Waals surface area contributed by atoms with Crippen molar-refractivity contribution in [1.82, 2.24) is 0 Å². The van der Waals surface area contributed by atoms with Crippen molar-refractivity contribution in [2.75, 3.05) is 11.1 Å². The zero-order valence-corrected chi connectivity index (χ0v) is 13.8. The van der Waals surface area contributed by atoms with E-state index in [1.807, 2.05) is 30.3 Å². The summed E-state index contributed by atoms with van der Waals surface area (Å²) in [5, 5.41) is 13.3. The Hall–Kier alpha value is -2.20. The number of fused-ring (bicyclic) bond motifs is 1. The molecule has 2 aromatic carbocycles. The molecule has 0 saturated carbocycles. The minimum absolute atomic E-state index is 0.0298. The van der Waals surface area contributed by atoms with E-state index in [1.165, 1.54) is 6.07 Å². The lowest BCUT2D eigenvalue weighted by Gasteiger charge is -2.42. The van der Waals surface area contributed by atoms with Gasteiger partial charge in [0.1, 0.15) is 0 Å². The summed E-state index contributed by atoms with van der Waals surface area (Å²) in [5.41, 5.74) is 9.32. The summed E-state index contributed by atoms with van der Waals surface area (Å²) in [6, 6.07) is 11.0. The topological polar surface area (TPSA) is 75.3 Å². The first-order chi connectivity index (χ1) is 10.8. The van der Waals surface area contributed by atoms with Crippen LogP contribution in [0.4, 0.5) is 11.4 Å². The number of hydrogen-bond donors (Lipinski definition) is 3. The number of benzene rings is 2. The maximum atomic E-state index is 11.6. The number of carboxylic acid groups (broad SMARTS) is 1. The van der Waals surface area contributed by atoms with Gasteiger partial charge in [0.15, 0.2) is 0 Å². The third-order valence-corrected chi connectivity index (χ3v) is 4.59. The molecule has 0 aliphatic carbocycles. The minimum Gasteiger partial charge on any atom is -0.478 e. The molecule has 2 aromatic rings. The van der Waals surface area contributed by atoms with Gasteiger partial charge in [0.05, 0.1) is 17.3 Å². The molecule has 23 heavy (non-hydrogen) atoms. The number of nitrogen functional groups attached to an aromatic ring is 1. The number of rotatable bonds is 2. The Morgan fingerprint density at radius 3 is 2.74 bits per heavy atom. The first kappa shape index (κ1) is 15.7. The van der Waals surface area contributed by atoms with Gasteiger partial charge in [0, 0.05) is 10.7 Å². The highest BCUT2D eigenvalue weighted by molar-refractivity contribution is 6.31. The fourth-order valence-electron chi connectivity index (χ4n) is 3.35. The zero-order chi connectivity index (χ0) is 16.8. The van der Waals surface area contributed by atoms with Crippen LogP contribution in [0.1, 0.15) is 41.4 Å². The van der Waals surface area contributed by atoms with Gasteiger partial charge in [-0.2, -0.15) is 0 Å². The number of halogens is 1. The Morgan fingerprint density at radius 1 is 1.35 bits per heavy atom. The maximum Gasteiger partial charge on any atom is 0.337 e. The molecule has 1 heterocycles. The largest absolute Gasteiger partial charge is 0.478 e. The summed E-state index contributed by atoms with van der Waals surface area (Å²) in [6.45, 7) is 4.30. The Labute approximate surface area is 140 Å². The molecule has 4 nitrogen and oxygen atoms in total. The van der Waals surface area contributed by atoms with E-state index in [4.69, 9.17) is 17.3 Å². The molecular formula is C18H19ClN2O2. The molecule has 0 saturated heterocycles. The average molecular weight is 331 g/mol. The monoisotopic (exact) mass is 330 g/mol. The van der Waals surface area contributed by atoms with E-state index < -0.39 is 5.97 Å². The molecule has 0 radical (unpaired) electrons. The van der Waals surface area contributed by atoms with E-state index in [1.54, 1.807) is 0 Å². The van der Waals surface area contributed by atoms with Crippen LogP contribution in [0, 0.1) is 5.41 Å². The van der Waals surface area contributed by atoms with E-state index in [-0.39, 0.29) is 17.0 Å². The van der Waals surface area contributed by atoms with E-state index in [0.29, 0.717) is 16.4 Å². The Balaban J connectivity index is 2.12. The molecule has 0 aromatic heterocycles. The highest BCUT2D eigenvalue weighted by Gasteiger charge is 2.37. The van der Waals surface area contributed by atoms with Crippen LogP contribution in [0.2, 0.25) is 5.02 Å². The summed E-state index contributed by atoms with van der Waals surface area (Å²) < 4.78 is 0. The smallest absolute Gasteiger partial charge is 0.337 e. The Kier molecular flexibility index (Phi) is 3.72. The lowest BCUT2D eigenvalue weighted by Crippen LogP contribution is -2.35. The van der Waals surface area contributed by atoms with E-state index in [9.17, 15) is 9.90 Å². The molecule has 4 N–H and O–H groups in total. The van der Waals surface area contributed by atoms with Gasteiger partial charge in [-0.3, -0.25) is 0 Å². The quantitative estimate of drug-likeness (QED) is 0.715. The van der Waals surface area contributed by atoms with Gasteiger partial charge in [0.25, 0.3) is 0 Å². The molecule has 1 aliphatic heterocycles. The normalized spacial score (nSPS) is 18.8. The van der Waals surface area contributed by atoms with Crippen LogP contribution in [0.25, 0.3) is 0 Å². The maximum absolute atomic E-state index is 11.6. The second-order valence-corrected chi connectivity index (χ2v) is 7.14. The van der Waals surface area contributed by atoms with Gasteiger partial charge in [-0.15, -0.1) is 0 Å².